The van der Waals surface area contributed by atoms with Gasteiger partial charge in [0.05, 0.1) is 11.7 Å². The third-order valence-corrected chi connectivity index (χ3v) is 4.01. The van der Waals surface area contributed by atoms with Crippen LogP contribution >= 0.6 is 0 Å². The summed E-state index contributed by atoms with van der Waals surface area (Å²) in [6, 6.07) is 0. The van der Waals surface area contributed by atoms with Crippen molar-refractivity contribution < 1.29 is 4.74 Å². The van der Waals surface area contributed by atoms with Crippen molar-refractivity contribution in [3.05, 3.63) is 0 Å². The Morgan fingerprint density at radius 2 is 2.07 bits per heavy atom. The number of hydrogen-bond donors (Lipinski definition) is 0. The van der Waals surface area contributed by atoms with Crippen LogP contribution in [0.2, 0.25) is 0 Å². The van der Waals surface area contributed by atoms with Gasteiger partial charge in [-0.1, -0.05) is 34.1 Å². The van der Waals surface area contributed by atoms with Crippen molar-refractivity contribution >= 4 is 0 Å². The van der Waals surface area contributed by atoms with Crippen LogP contribution in [-0.4, -0.2) is 11.7 Å². The third kappa shape index (κ3) is 2.31. The molecule has 0 radical (unpaired) electrons. The average Bonchev–Trinajstić information content (AvgIpc) is 2.90. The van der Waals surface area contributed by atoms with Crippen LogP contribution in [0, 0.1) is 11.8 Å². The molecule has 0 spiro atoms. The fourth-order valence-corrected chi connectivity index (χ4v) is 2.52. The molecule has 4 unspecified atom stereocenters. The van der Waals surface area contributed by atoms with E-state index >= 15 is 0 Å². The first-order chi connectivity index (χ1) is 6.65. The van der Waals surface area contributed by atoms with Gasteiger partial charge in [-0.2, -0.15) is 0 Å². The van der Waals surface area contributed by atoms with Crippen LogP contribution in [0.1, 0.15) is 60.3 Å². The molecular formula is C13H26O. The highest BCUT2D eigenvalue weighted by molar-refractivity contribution is 5.03. The molecule has 1 saturated carbocycles. The maximum Gasteiger partial charge on any atom is 0.0920 e. The second-order valence-corrected chi connectivity index (χ2v) is 4.84. The number of rotatable bonds is 2. The molecule has 1 heteroatoms. The molecular weight excluding hydrogens is 172 g/mol. The SMILES string of the molecule is CC.CCC(C)C1CCC2(C)OC2C1. The Morgan fingerprint density at radius 1 is 1.43 bits per heavy atom. The Balaban J connectivity index is 0.000000461. The van der Waals surface area contributed by atoms with E-state index in [9.17, 15) is 0 Å². The number of epoxide rings is 1. The van der Waals surface area contributed by atoms with E-state index < -0.39 is 0 Å². The van der Waals surface area contributed by atoms with E-state index in [0.717, 1.165) is 11.8 Å². The summed E-state index contributed by atoms with van der Waals surface area (Å²) >= 11 is 0. The van der Waals surface area contributed by atoms with Gasteiger partial charge >= 0.3 is 0 Å². The zero-order valence-electron chi connectivity index (χ0n) is 10.5. The molecule has 84 valence electrons. The molecule has 1 nitrogen and oxygen atoms in total. The lowest BCUT2D eigenvalue weighted by atomic mass is 9.76. The van der Waals surface area contributed by atoms with Crippen LogP contribution in [0.4, 0.5) is 0 Å². The fourth-order valence-electron chi connectivity index (χ4n) is 2.52. The van der Waals surface area contributed by atoms with Crippen molar-refractivity contribution in [3.8, 4) is 0 Å². The van der Waals surface area contributed by atoms with Crippen molar-refractivity contribution in [1.29, 1.82) is 0 Å². The number of fused-ring (bicyclic) bond motifs is 1. The molecule has 1 aliphatic heterocycles. The third-order valence-electron chi connectivity index (χ3n) is 4.01. The molecule has 0 aromatic rings. The minimum Gasteiger partial charge on any atom is -0.366 e. The van der Waals surface area contributed by atoms with Gasteiger partial charge in [-0.05, 0) is 38.0 Å². The van der Waals surface area contributed by atoms with E-state index in [1.807, 2.05) is 13.8 Å². The van der Waals surface area contributed by atoms with Gasteiger partial charge in [0.2, 0.25) is 0 Å². The Bertz CT molecular complexity index is 178. The highest BCUT2D eigenvalue weighted by atomic mass is 16.6. The minimum atomic E-state index is 0.309. The molecule has 0 amide bonds. The van der Waals surface area contributed by atoms with Crippen molar-refractivity contribution in [1.82, 2.24) is 0 Å². The summed E-state index contributed by atoms with van der Waals surface area (Å²) < 4.78 is 5.69. The van der Waals surface area contributed by atoms with Gasteiger partial charge in [0.1, 0.15) is 0 Å². The topological polar surface area (TPSA) is 12.5 Å². The van der Waals surface area contributed by atoms with E-state index in [4.69, 9.17) is 4.74 Å². The van der Waals surface area contributed by atoms with Crippen LogP contribution < -0.4 is 0 Å². The van der Waals surface area contributed by atoms with Crippen LogP contribution in [0.3, 0.4) is 0 Å². The molecule has 0 bridgehead atoms. The number of ether oxygens (including phenoxy) is 1. The van der Waals surface area contributed by atoms with Crippen molar-refractivity contribution in [2.45, 2.75) is 72.0 Å². The number of hydrogen-bond acceptors (Lipinski definition) is 1. The molecule has 1 heterocycles. The monoisotopic (exact) mass is 198 g/mol. The second-order valence-electron chi connectivity index (χ2n) is 4.84. The van der Waals surface area contributed by atoms with Crippen molar-refractivity contribution in [2.24, 2.45) is 11.8 Å². The largest absolute Gasteiger partial charge is 0.366 e. The average molecular weight is 198 g/mol. The van der Waals surface area contributed by atoms with Gasteiger partial charge in [-0.3, -0.25) is 0 Å². The Hall–Kier alpha value is -0.0400. The van der Waals surface area contributed by atoms with Gasteiger partial charge in [-0.15, -0.1) is 0 Å². The lowest BCUT2D eigenvalue weighted by Crippen LogP contribution is -2.24. The predicted octanol–water partition coefficient (Wildman–Crippen LogP) is 4.02. The normalized spacial score (nSPS) is 41.8. The standard InChI is InChI=1S/C11H20O.C2H6/c1-4-8(2)9-5-6-11(3)10(7-9)12-11;1-2/h8-10H,4-7H2,1-3H3;1-2H3. The van der Waals surface area contributed by atoms with Crippen molar-refractivity contribution in [2.75, 3.05) is 0 Å². The summed E-state index contributed by atoms with van der Waals surface area (Å²) in [6.07, 6.45) is 5.96. The molecule has 14 heavy (non-hydrogen) atoms. The zero-order valence-corrected chi connectivity index (χ0v) is 10.5. The fraction of sp³-hybridized carbons (Fsp3) is 1.00. The first-order valence-corrected chi connectivity index (χ1v) is 6.33. The molecule has 1 saturated heterocycles. The first kappa shape index (κ1) is 12.0. The van der Waals surface area contributed by atoms with E-state index in [2.05, 4.69) is 20.8 Å². The lowest BCUT2D eigenvalue weighted by molar-refractivity contribution is 0.258. The minimum absolute atomic E-state index is 0.309. The highest BCUT2D eigenvalue weighted by Crippen LogP contribution is 2.50. The van der Waals surface area contributed by atoms with E-state index in [-0.39, 0.29) is 0 Å². The molecule has 2 fully saturated rings. The zero-order chi connectivity index (χ0) is 10.8. The molecule has 0 N–H and O–H groups in total. The summed E-state index contributed by atoms with van der Waals surface area (Å²) in [5.41, 5.74) is 0.309. The first-order valence-electron chi connectivity index (χ1n) is 6.33. The van der Waals surface area contributed by atoms with E-state index in [1.165, 1.54) is 25.7 Å². The maximum atomic E-state index is 5.69. The van der Waals surface area contributed by atoms with Gasteiger partial charge in [0.25, 0.3) is 0 Å². The smallest absolute Gasteiger partial charge is 0.0920 e. The summed E-state index contributed by atoms with van der Waals surface area (Å²) in [6.45, 7) is 11.0. The van der Waals surface area contributed by atoms with Gasteiger partial charge in [0.15, 0.2) is 0 Å². The molecule has 4 atom stereocenters. The summed E-state index contributed by atoms with van der Waals surface area (Å²) in [7, 11) is 0. The lowest BCUT2D eigenvalue weighted by Gasteiger charge is -2.26. The van der Waals surface area contributed by atoms with E-state index in [0.29, 0.717) is 11.7 Å². The van der Waals surface area contributed by atoms with Crippen LogP contribution in [0.5, 0.6) is 0 Å². The molecule has 0 aromatic carbocycles. The van der Waals surface area contributed by atoms with E-state index in [1.54, 1.807) is 0 Å². The van der Waals surface area contributed by atoms with Crippen LogP contribution in [-0.2, 0) is 4.74 Å². The summed E-state index contributed by atoms with van der Waals surface area (Å²) in [5.74, 6) is 1.84. The predicted molar refractivity (Wildman–Crippen MR) is 61.4 cm³/mol. The molecule has 2 rings (SSSR count). The summed E-state index contributed by atoms with van der Waals surface area (Å²) in [5, 5.41) is 0. The summed E-state index contributed by atoms with van der Waals surface area (Å²) in [4.78, 5) is 0. The van der Waals surface area contributed by atoms with Crippen molar-refractivity contribution in [3.63, 3.8) is 0 Å². The molecule has 2 aliphatic rings. The Morgan fingerprint density at radius 3 is 2.57 bits per heavy atom. The Kier molecular flexibility index (Phi) is 4.00. The highest BCUT2D eigenvalue weighted by Gasteiger charge is 2.55. The maximum absolute atomic E-state index is 5.69. The van der Waals surface area contributed by atoms with Gasteiger partial charge < -0.3 is 4.74 Å². The van der Waals surface area contributed by atoms with Crippen LogP contribution in [0.25, 0.3) is 0 Å². The molecule has 1 aliphatic carbocycles. The van der Waals surface area contributed by atoms with Crippen LogP contribution in [0.15, 0.2) is 0 Å². The van der Waals surface area contributed by atoms with Gasteiger partial charge in [0, 0.05) is 0 Å². The second kappa shape index (κ2) is 4.65. The Labute approximate surface area is 89.2 Å². The molecule has 0 aromatic heterocycles. The quantitative estimate of drug-likeness (QED) is 0.611. The van der Waals surface area contributed by atoms with Gasteiger partial charge in [-0.25, -0.2) is 0 Å².